The Kier molecular flexibility index (Phi) is 6.31. The summed E-state index contributed by atoms with van der Waals surface area (Å²) < 4.78 is 5.09. The summed E-state index contributed by atoms with van der Waals surface area (Å²) in [4.78, 5) is 36.5. The van der Waals surface area contributed by atoms with E-state index in [4.69, 9.17) is 10.3 Å². The SMILES string of the molecule is CC(C)(C)NC(=O)OC(Cc1ccc([N+](=O)[O-])cc1)C(=O)C=[N+]=[N-]. The molecular formula is C15H18N4O5. The number of nitrogens with zero attached hydrogens (tertiary/aromatic N) is 3. The molecule has 0 heterocycles. The maximum Gasteiger partial charge on any atom is 0.408 e. The van der Waals surface area contributed by atoms with Crippen molar-refractivity contribution in [2.24, 2.45) is 0 Å². The number of carbonyl (C=O) groups excluding carboxylic acids is 2. The third-order valence-electron chi connectivity index (χ3n) is 2.80. The van der Waals surface area contributed by atoms with Crippen molar-refractivity contribution in [3.63, 3.8) is 0 Å². The molecule has 0 aliphatic carbocycles. The van der Waals surface area contributed by atoms with Crippen LogP contribution in [0.15, 0.2) is 24.3 Å². The van der Waals surface area contributed by atoms with Gasteiger partial charge in [0.2, 0.25) is 0 Å². The number of non-ortho nitro benzene ring substituents is 1. The maximum absolute atomic E-state index is 11.9. The summed E-state index contributed by atoms with van der Waals surface area (Å²) in [6, 6.07) is 5.48. The summed E-state index contributed by atoms with van der Waals surface area (Å²) >= 11 is 0. The maximum atomic E-state index is 11.9. The van der Waals surface area contributed by atoms with Gasteiger partial charge >= 0.3 is 12.3 Å². The van der Waals surface area contributed by atoms with Gasteiger partial charge in [0, 0.05) is 24.1 Å². The molecule has 0 aliphatic rings. The number of benzene rings is 1. The van der Waals surface area contributed by atoms with Crippen molar-refractivity contribution < 1.29 is 24.0 Å². The van der Waals surface area contributed by atoms with Gasteiger partial charge in [-0.2, -0.15) is 4.79 Å². The van der Waals surface area contributed by atoms with Gasteiger partial charge in [0.25, 0.3) is 11.5 Å². The largest absolute Gasteiger partial charge is 0.437 e. The Hall–Kier alpha value is -3.06. The number of amides is 1. The summed E-state index contributed by atoms with van der Waals surface area (Å²) in [7, 11) is 0. The summed E-state index contributed by atoms with van der Waals surface area (Å²) in [5.41, 5.74) is 8.39. The number of hydrogen-bond donors (Lipinski definition) is 1. The fourth-order valence-corrected chi connectivity index (χ4v) is 1.77. The average Bonchev–Trinajstić information content (AvgIpc) is 2.45. The van der Waals surface area contributed by atoms with E-state index in [0.717, 1.165) is 0 Å². The van der Waals surface area contributed by atoms with Crippen molar-refractivity contribution in [3.8, 4) is 0 Å². The molecule has 0 spiro atoms. The molecule has 1 unspecified atom stereocenters. The number of nitrogens with one attached hydrogen (secondary N) is 1. The molecule has 0 aliphatic heterocycles. The van der Waals surface area contributed by atoms with E-state index in [1.165, 1.54) is 24.3 Å². The zero-order valence-corrected chi connectivity index (χ0v) is 13.6. The minimum atomic E-state index is -1.22. The second kappa shape index (κ2) is 7.98. The first-order chi connectivity index (χ1) is 11.1. The average molecular weight is 334 g/mol. The Balaban J connectivity index is 2.89. The Bertz CT molecular complexity index is 672. The molecule has 1 aromatic rings. The standard InChI is InChI=1S/C15H18N4O5/c1-15(2,3)18-14(21)24-13(12(20)9-17-16)8-10-4-6-11(7-5-10)19(22)23/h4-7,9,13H,8H2,1-3H3,(H,18,21). The Morgan fingerprint density at radius 1 is 1.38 bits per heavy atom. The topological polar surface area (TPSA) is 135 Å². The lowest BCUT2D eigenvalue weighted by atomic mass is 10.0. The first kappa shape index (κ1) is 19.0. The van der Waals surface area contributed by atoms with Crippen LogP contribution in [0.4, 0.5) is 10.5 Å². The highest BCUT2D eigenvalue weighted by Gasteiger charge is 2.26. The molecule has 9 heteroatoms. The van der Waals surface area contributed by atoms with Crippen LogP contribution in [-0.2, 0) is 16.0 Å². The first-order valence-corrected chi connectivity index (χ1v) is 7.06. The summed E-state index contributed by atoms with van der Waals surface area (Å²) in [5.74, 6) is -0.708. The summed E-state index contributed by atoms with van der Waals surface area (Å²) in [5, 5.41) is 13.2. The van der Waals surface area contributed by atoms with Gasteiger partial charge in [-0.05, 0) is 26.3 Å². The van der Waals surface area contributed by atoms with Crippen molar-refractivity contribution in [2.45, 2.75) is 38.8 Å². The van der Waals surface area contributed by atoms with Crippen molar-refractivity contribution in [1.29, 1.82) is 0 Å². The molecule has 1 aromatic carbocycles. The number of hydrogen-bond acceptors (Lipinski definition) is 5. The van der Waals surface area contributed by atoms with Crippen molar-refractivity contribution in [2.75, 3.05) is 0 Å². The number of Topliss-reactive ketones (excluding diaryl/α,β-unsaturated/α-hetero) is 1. The molecule has 9 nitrogen and oxygen atoms in total. The number of carbonyl (C=O) groups is 2. The Morgan fingerprint density at radius 3 is 2.42 bits per heavy atom. The van der Waals surface area contributed by atoms with Crippen LogP contribution in [0, 0.1) is 10.1 Å². The second-order valence-electron chi connectivity index (χ2n) is 6.04. The summed E-state index contributed by atoms with van der Waals surface area (Å²) in [6.45, 7) is 5.24. The Labute approximate surface area is 138 Å². The third-order valence-corrected chi connectivity index (χ3v) is 2.80. The lowest BCUT2D eigenvalue weighted by Gasteiger charge is -2.22. The van der Waals surface area contributed by atoms with E-state index in [9.17, 15) is 19.7 Å². The highest BCUT2D eigenvalue weighted by molar-refractivity contribution is 6.27. The minimum Gasteiger partial charge on any atom is -0.437 e. The van der Waals surface area contributed by atoms with E-state index in [1.54, 1.807) is 20.8 Å². The molecule has 128 valence electrons. The van der Waals surface area contributed by atoms with Crippen LogP contribution in [0.25, 0.3) is 5.53 Å². The van der Waals surface area contributed by atoms with Crippen LogP contribution in [0.2, 0.25) is 0 Å². The molecule has 1 atom stereocenters. The third kappa shape index (κ3) is 6.37. The van der Waals surface area contributed by atoms with Crippen molar-refractivity contribution in [1.82, 2.24) is 5.32 Å². The lowest BCUT2D eigenvalue weighted by molar-refractivity contribution is -0.384. The fourth-order valence-electron chi connectivity index (χ4n) is 1.77. The number of nitro benzene ring substituents is 1. The van der Waals surface area contributed by atoms with Crippen LogP contribution in [-0.4, -0.2) is 39.4 Å². The molecule has 0 fully saturated rings. The van der Waals surface area contributed by atoms with Gasteiger partial charge in [0.1, 0.15) is 0 Å². The molecule has 0 saturated heterocycles. The molecule has 1 amide bonds. The minimum absolute atomic E-state index is 0.0135. The highest BCUT2D eigenvalue weighted by atomic mass is 16.6. The van der Waals surface area contributed by atoms with Crippen molar-refractivity contribution >= 4 is 23.8 Å². The Morgan fingerprint density at radius 2 is 1.96 bits per heavy atom. The molecule has 1 rings (SSSR count). The predicted octanol–water partition coefficient (Wildman–Crippen LogP) is 1.90. The van der Waals surface area contributed by atoms with E-state index in [2.05, 4.69) is 10.1 Å². The van der Waals surface area contributed by atoms with E-state index in [1.807, 2.05) is 0 Å². The lowest BCUT2D eigenvalue weighted by Crippen LogP contribution is -2.44. The summed E-state index contributed by atoms with van der Waals surface area (Å²) in [6.07, 6.45) is -1.39. The fraction of sp³-hybridized carbons (Fsp3) is 0.400. The van der Waals surface area contributed by atoms with Gasteiger partial charge in [0.05, 0.1) is 4.92 Å². The molecule has 0 aromatic heterocycles. The van der Waals surface area contributed by atoms with Crippen LogP contribution < -0.4 is 5.32 Å². The molecular weight excluding hydrogens is 316 g/mol. The quantitative estimate of drug-likeness (QED) is 0.279. The normalized spacial score (nSPS) is 11.8. The zero-order chi connectivity index (χ0) is 18.3. The van der Waals surface area contributed by atoms with E-state index in [0.29, 0.717) is 11.8 Å². The van der Waals surface area contributed by atoms with Crippen LogP contribution in [0.1, 0.15) is 26.3 Å². The molecule has 1 N–H and O–H groups in total. The van der Waals surface area contributed by atoms with Gasteiger partial charge in [-0.15, -0.1) is 0 Å². The van der Waals surface area contributed by atoms with Gasteiger partial charge in [0.15, 0.2) is 6.10 Å². The van der Waals surface area contributed by atoms with Crippen LogP contribution in [0.5, 0.6) is 0 Å². The van der Waals surface area contributed by atoms with Gasteiger partial charge < -0.3 is 15.6 Å². The number of ether oxygens (including phenoxy) is 1. The molecule has 0 radical (unpaired) electrons. The predicted molar refractivity (Wildman–Crippen MR) is 84.6 cm³/mol. The van der Waals surface area contributed by atoms with E-state index < -0.39 is 28.4 Å². The smallest absolute Gasteiger partial charge is 0.408 e. The van der Waals surface area contributed by atoms with Crippen LogP contribution >= 0.6 is 0 Å². The van der Waals surface area contributed by atoms with Gasteiger partial charge in [-0.25, -0.2) is 4.79 Å². The van der Waals surface area contributed by atoms with E-state index in [-0.39, 0.29) is 12.1 Å². The molecule has 0 saturated carbocycles. The zero-order valence-electron chi connectivity index (χ0n) is 13.6. The molecule has 24 heavy (non-hydrogen) atoms. The highest BCUT2D eigenvalue weighted by Crippen LogP contribution is 2.14. The first-order valence-electron chi connectivity index (χ1n) is 7.06. The van der Waals surface area contributed by atoms with Gasteiger partial charge in [-0.1, -0.05) is 12.1 Å². The van der Waals surface area contributed by atoms with Crippen molar-refractivity contribution in [3.05, 3.63) is 45.5 Å². The van der Waals surface area contributed by atoms with E-state index >= 15 is 0 Å². The van der Waals surface area contributed by atoms with Crippen LogP contribution in [0.3, 0.4) is 0 Å². The monoisotopic (exact) mass is 334 g/mol. The number of ketones is 1. The number of rotatable bonds is 6. The molecule has 0 bridgehead atoms. The number of nitro groups is 1. The van der Waals surface area contributed by atoms with Gasteiger partial charge in [-0.3, -0.25) is 14.9 Å². The number of alkyl carbamates (subject to hydrolysis) is 1. The second-order valence-corrected chi connectivity index (χ2v) is 6.04.